The normalized spacial score (nSPS) is 13.5. The number of amides is 3. The van der Waals surface area contributed by atoms with Crippen molar-refractivity contribution >= 4 is 39.8 Å². The molecule has 0 aromatic heterocycles. The van der Waals surface area contributed by atoms with Crippen LogP contribution in [0.5, 0.6) is 0 Å². The lowest BCUT2D eigenvalue weighted by molar-refractivity contribution is 0.0747. The number of carbonyl (C=O) groups excluding carboxylic acids is 2. The van der Waals surface area contributed by atoms with Gasteiger partial charge >= 0.3 is 6.03 Å². The topological polar surface area (TPSA) is 64.7 Å². The van der Waals surface area contributed by atoms with Crippen LogP contribution in [0.3, 0.4) is 0 Å². The molecule has 36 heavy (non-hydrogen) atoms. The smallest absolute Gasteiger partial charge is 0.323 e. The molecule has 5 rings (SSSR count). The van der Waals surface area contributed by atoms with Crippen LogP contribution < -0.4 is 15.5 Å². The van der Waals surface area contributed by atoms with Crippen molar-refractivity contribution in [3.05, 3.63) is 102 Å². The minimum Gasteiger partial charge on any atom is -0.368 e. The van der Waals surface area contributed by atoms with Crippen molar-refractivity contribution < 1.29 is 9.59 Å². The number of nitrogens with one attached hydrogen (secondary N) is 2. The summed E-state index contributed by atoms with van der Waals surface area (Å²) in [6, 6.07) is 29.4. The van der Waals surface area contributed by atoms with Crippen molar-refractivity contribution in [2.45, 2.75) is 13.3 Å². The first-order valence-electron chi connectivity index (χ1n) is 12.4. The van der Waals surface area contributed by atoms with E-state index < -0.39 is 0 Å². The number of rotatable bonds is 5. The molecule has 0 saturated carbocycles. The van der Waals surface area contributed by atoms with Crippen molar-refractivity contribution in [3.8, 4) is 0 Å². The lowest BCUT2D eigenvalue weighted by atomic mass is 10.1. The van der Waals surface area contributed by atoms with Crippen LogP contribution in [0.25, 0.3) is 10.8 Å². The maximum absolute atomic E-state index is 13.1. The predicted molar refractivity (Wildman–Crippen MR) is 147 cm³/mol. The molecule has 0 bridgehead atoms. The van der Waals surface area contributed by atoms with Gasteiger partial charge in [-0.15, -0.1) is 0 Å². The van der Waals surface area contributed by atoms with Gasteiger partial charge in [-0.2, -0.15) is 0 Å². The number of fused-ring (bicyclic) bond motifs is 1. The fraction of sp³-hybridized carbons (Fsp3) is 0.200. The predicted octanol–water partition coefficient (Wildman–Crippen LogP) is 6.01. The number of benzene rings is 4. The lowest BCUT2D eigenvalue weighted by Crippen LogP contribution is -2.48. The van der Waals surface area contributed by atoms with E-state index in [1.807, 2.05) is 89.8 Å². The van der Waals surface area contributed by atoms with Crippen LogP contribution in [-0.2, 0) is 6.42 Å². The Bertz CT molecular complexity index is 1360. The highest BCUT2D eigenvalue weighted by molar-refractivity contribution is 6.00. The Morgan fingerprint density at radius 3 is 1.97 bits per heavy atom. The van der Waals surface area contributed by atoms with E-state index in [0.29, 0.717) is 13.1 Å². The van der Waals surface area contributed by atoms with Gasteiger partial charge in [-0.1, -0.05) is 49.4 Å². The third-order valence-electron chi connectivity index (χ3n) is 6.67. The van der Waals surface area contributed by atoms with Gasteiger partial charge in [0.1, 0.15) is 0 Å². The monoisotopic (exact) mass is 478 g/mol. The molecule has 4 aromatic rings. The minimum absolute atomic E-state index is 0.0790. The quantitative estimate of drug-likeness (QED) is 0.369. The van der Waals surface area contributed by atoms with Gasteiger partial charge in [0.15, 0.2) is 0 Å². The average molecular weight is 479 g/mol. The molecule has 6 nitrogen and oxygen atoms in total. The summed E-state index contributed by atoms with van der Waals surface area (Å²) in [5.74, 6) is 0.0790. The third-order valence-corrected chi connectivity index (χ3v) is 6.67. The van der Waals surface area contributed by atoms with Crippen LogP contribution in [0, 0.1) is 0 Å². The van der Waals surface area contributed by atoms with Crippen molar-refractivity contribution in [2.75, 3.05) is 41.7 Å². The number of hydrogen-bond donors (Lipinski definition) is 2. The number of anilines is 3. The number of nitrogens with zero attached hydrogens (tertiary/aromatic N) is 2. The Hall–Kier alpha value is -4.32. The molecular formula is C30H30N4O2. The Balaban J connectivity index is 1.14. The second-order valence-corrected chi connectivity index (χ2v) is 9.02. The zero-order chi connectivity index (χ0) is 24.9. The fourth-order valence-electron chi connectivity index (χ4n) is 4.55. The van der Waals surface area contributed by atoms with Gasteiger partial charge in [0.25, 0.3) is 5.91 Å². The number of carbonyl (C=O) groups is 2. The average Bonchev–Trinajstić information content (AvgIpc) is 2.93. The zero-order valence-corrected chi connectivity index (χ0v) is 20.4. The van der Waals surface area contributed by atoms with Crippen molar-refractivity contribution in [1.29, 1.82) is 0 Å². The number of aryl methyl sites for hydroxylation is 1. The molecule has 0 radical (unpaired) electrons. The van der Waals surface area contributed by atoms with Crippen LogP contribution in [-0.4, -0.2) is 43.0 Å². The van der Waals surface area contributed by atoms with Gasteiger partial charge in [0, 0.05) is 48.8 Å². The van der Waals surface area contributed by atoms with Gasteiger partial charge in [-0.3, -0.25) is 4.79 Å². The molecule has 1 heterocycles. The molecule has 3 amide bonds. The Morgan fingerprint density at radius 1 is 0.722 bits per heavy atom. The first-order chi connectivity index (χ1) is 17.6. The summed E-state index contributed by atoms with van der Waals surface area (Å²) >= 11 is 0. The van der Waals surface area contributed by atoms with Crippen molar-refractivity contribution in [3.63, 3.8) is 0 Å². The molecule has 1 saturated heterocycles. The van der Waals surface area contributed by atoms with Crippen LogP contribution in [0.2, 0.25) is 0 Å². The fourth-order valence-corrected chi connectivity index (χ4v) is 4.55. The van der Waals surface area contributed by atoms with Gasteiger partial charge in [-0.05, 0) is 71.3 Å². The second kappa shape index (κ2) is 10.5. The molecule has 1 aliphatic rings. The lowest BCUT2D eigenvalue weighted by Gasteiger charge is -2.36. The number of hydrogen-bond acceptors (Lipinski definition) is 3. The molecule has 1 fully saturated rings. The first-order valence-corrected chi connectivity index (χ1v) is 12.4. The number of urea groups is 1. The maximum atomic E-state index is 13.1. The molecule has 182 valence electrons. The maximum Gasteiger partial charge on any atom is 0.323 e. The summed E-state index contributed by atoms with van der Waals surface area (Å²) in [6.07, 6.45) is 0.967. The SMILES string of the molecule is CCc1ccc(NC(=O)Nc2ccc(N3CCN(C(=O)c4ccc5ccccc5c4)CC3)cc2)cc1. The summed E-state index contributed by atoms with van der Waals surface area (Å²) in [5, 5.41) is 7.96. The number of piperazine rings is 1. The van der Waals surface area contributed by atoms with Gasteiger partial charge in [0.05, 0.1) is 0 Å². The summed E-state index contributed by atoms with van der Waals surface area (Å²) in [5.41, 5.74) is 4.53. The van der Waals surface area contributed by atoms with E-state index in [4.69, 9.17) is 0 Å². The Kier molecular flexibility index (Phi) is 6.85. The Morgan fingerprint density at radius 2 is 1.33 bits per heavy atom. The molecular weight excluding hydrogens is 448 g/mol. The van der Waals surface area contributed by atoms with Crippen molar-refractivity contribution in [2.24, 2.45) is 0 Å². The zero-order valence-electron chi connectivity index (χ0n) is 20.4. The first kappa shape index (κ1) is 23.4. The summed E-state index contributed by atoms with van der Waals surface area (Å²) in [6.45, 7) is 4.97. The van der Waals surface area contributed by atoms with Crippen LogP contribution in [0.1, 0.15) is 22.8 Å². The van der Waals surface area contributed by atoms with Gasteiger partial charge < -0.3 is 20.4 Å². The van der Waals surface area contributed by atoms with E-state index in [0.717, 1.165) is 52.9 Å². The van der Waals surface area contributed by atoms with E-state index in [2.05, 4.69) is 28.5 Å². The van der Waals surface area contributed by atoms with Gasteiger partial charge in [0.2, 0.25) is 0 Å². The molecule has 6 heteroatoms. The van der Waals surface area contributed by atoms with E-state index >= 15 is 0 Å². The molecule has 0 aliphatic carbocycles. The largest absolute Gasteiger partial charge is 0.368 e. The minimum atomic E-state index is -0.271. The van der Waals surface area contributed by atoms with E-state index in [1.54, 1.807) is 0 Å². The second-order valence-electron chi connectivity index (χ2n) is 9.02. The van der Waals surface area contributed by atoms with Gasteiger partial charge in [-0.25, -0.2) is 4.79 Å². The molecule has 0 spiro atoms. The summed E-state index contributed by atoms with van der Waals surface area (Å²) < 4.78 is 0. The Labute approximate surface area is 211 Å². The highest BCUT2D eigenvalue weighted by Crippen LogP contribution is 2.22. The summed E-state index contributed by atoms with van der Waals surface area (Å²) in [7, 11) is 0. The molecule has 4 aromatic carbocycles. The van der Waals surface area contributed by atoms with Crippen LogP contribution >= 0.6 is 0 Å². The highest BCUT2D eigenvalue weighted by Gasteiger charge is 2.22. The highest BCUT2D eigenvalue weighted by atomic mass is 16.2. The van der Waals surface area contributed by atoms with Crippen LogP contribution in [0.15, 0.2) is 91.0 Å². The summed E-state index contributed by atoms with van der Waals surface area (Å²) in [4.78, 5) is 29.6. The molecule has 2 N–H and O–H groups in total. The van der Waals surface area contributed by atoms with E-state index in [9.17, 15) is 9.59 Å². The van der Waals surface area contributed by atoms with Crippen LogP contribution in [0.4, 0.5) is 21.9 Å². The van der Waals surface area contributed by atoms with E-state index in [-0.39, 0.29) is 11.9 Å². The molecule has 0 atom stereocenters. The molecule has 1 aliphatic heterocycles. The standard InChI is InChI=1S/C30H30N4O2/c1-2-22-7-11-26(12-8-22)31-30(36)32-27-13-15-28(16-14-27)33-17-19-34(20-18-33)29(35)25-10-9-23-5-3-4-6-24(23)21-25/h3-16,21H,2,17-20H2,1H3,(H2,31,32,36). The third kappa shape index (κ3) is 5.33. The van der Waals surface area contributed by atoms with E-state index in [1.165, 1.54) is 5.56 Å². The molecule has 0 unspecified atom stereocenters. The van der Waals surface area contributed by atoms with Crippen molar-refractivity contribution in [1.82, 2.24) is 4.90 Å².